The lowest BCUT2D eigenvalue weighted by Crippen LogP contribution is -2.37. The zero-order valence-corrected chi connectivity index (χ0v) is 51.4. The summed E-state index contributed by atoms with van der Waals surface area (Å²) < 4.78 is 5.79. The van der Waals surface area contributed by atoms with Crippen LogP contribution in [0.15, 0.2) is 357 Å². The first-order valence-corrected chi connectivity index (χ1v) is 31.8. The second-order valence-electron chi connectivity index (χ2n) is 23.3. The van der Waals surface area contributed by atoms with Crippen LogP contribution in [0.2, 0.25) is 0 Å². The molecule has 0 spiro atoms. The third kappa shape index (κ3) is 9.20. The van der Waals surface area contributed by atoms with Crippen molar-refractivity contribution in [3.8, 4) is 11.4 Å². The highest BCUT2D eigenvalue weighted by Gasteiger charge is 2.47. The van der Waals surface area contributed by atoms with Gasteiger partial charge in [-0.25, -0.2) is 0 Å². The number of rotatable bonds is 7. The topological polar surface area (TPSA) is 38.9 Å². The molecule has 5 nitrogen and oxygen atoms in total. The van der Waals surface area contributed by atoms with Crippen molar-refractivity contribution in [2.24, 2.45) is 0 Å². The van der Waals surface area contributed by atoms with Crippen molar-refractivity contribution in [3.63, 3.8) is 0 Å². The molecular formula is C85H60BrN5. The lowest BCUT2D eigenvalue weighted by Gasteiger charge is -2.46. The molecule has 18 rings (SSSR count). The van der Waals surface area contributed by atoms with Crippen molar-refractivity contribution in [3.05, 3.63) is 412 Å². The Morgan fingerprint density at radius 2 is 0.659 bits per heavy atom. The van der Waals surface area contributed by atoms with Crippen molar-refractivity contribution < 1.29 is 0 Å². The second-order valence-corrected chi connectivity index (χ2v) is 24.2. The highest BCUT2D eigenvalue weighted by atomic mass is 79.9. The number of hydrogen-bond donors (Lipinski definition) is 0. The van der Waals surface area contributed by atoms with Crippen LogP contribution in [0.1, 0.15) is 55.6 Å². The third-order valence-electron chi connectivity index (χ3n) is 18.5. The Morgan fingerprint density at radius 3 is 1.18 bits per heavy atom. The van der Waals surface area contributed by atoms with E-state index >= 15 is 0 Å². The highest BCUT2D eigenvalue weighted by molar-refractivity contribution is 9.10. The van der Waals surface area contributed by atoms with Crippen molar-refractivity contribution in [1.29, 1.82) is 0 Å². The molecule has 16 aromatic rings. The molecule has 2 aliphatic rings. The minimum Gasteiger partial charge on any atom is -0.309 e. The predicted octanol–water partition coefficient (Wildman–Crippen LogP) is 21.3. The van der Waals surface area contributed by atoms with Crippen LogP contribution in [-0.4, -0.2) is 19.1 Å². The van der Waals surface area contributed by atoms with E-state index in [-0.39, 0.29) is 5.41 Å². The average Bonchev–Trinajstić information content (AvgIpc) is 1.67. The summed E-state index contributed by atoms with van der Waals surface area (Å²) in [4.78, 5) is 11.5. The van der Waals surface area contributed by atoms with Gasteiger partial charge in [-0.05, 0) is 141 Å². The first-order chi connectivity index (χ1) is 45.1. The van der Waals surface area contributed by atoms with Crippen LogP contribution < -0.4 is 4.90 Å². The largest absolute Gasteiger partial charge is 0.309 e. The lowest BCUT2D eigenvalue weighted by molar-refractivity contribution is 0.700. The monoisotopic (exact) mass is 1230 g/mol. The summed E-state index contributed by atoms with van der Waals surface area (Å²) in [6, 6.07) is 117. The minimum absolute atomic E-state index is 0.310. The van der Waals surface area contributed by atoms with Crippen molar-refractivity contribution in [2.45, 2.75) is 17.3 Å². The highest BCUT2D eigenvalue weighted by Crippen LogP contribution is 2.58. The first kappa shape index (κ1) is 55.2. The van der Waals surface area contributed by atoms with Gasteiger partial charge in [0, 0.05) is 61.7 Å². The van der Waals surface area contributed by atoms with E-state index in [1.54, 1.807) is 0 Å². The molecule has 0 fully saturated rings. The molecule has 91 heavy (non-hydrogen) atoms. The van der Waals surface area contributed by atoms with Gasteiger partial charge in [-0.1, -0.05) is 265 Å². The predicted molar refractivity (Wildman–Crippen MR) is 379 cm³/mol. The van der Waals surface area contributed by atoms with Gasteiger partial charge in [0.1, 0.15) is 0 Å². The number of nitrogens with zero attached hydrogens (tertiary/aromatic N) is 5. The Labute approximate surface area is 538 Å². The molecule has 0 radical (unpaired) electrons. The quantitative estimate of drug-likeness (QED) is 0.160. The summed E-state index contributed by atoms with van der Waals surface area (Å²) in [5.41, 5.74) is 22.5. The van der Waals surface area contributed by atoms with E-state index in [0.29, 0.717) is 0 Å². The smallest absolute Gasteiger partial charge is 0.0743 e. The Kier molecular flexibility index (Phi) is 14.2. The van der Waals surface area contributed by atoms with Gasteiger partial charge in [0.2, 0.25) is 0 Å². The molecular weight excluding hydrogens is 1170 g/mol. The summed E-state index contributed by atoms with van der Waals surface area (Å²) in [7, 11) is 0. The van der Waals surface area contributed by atoms with Crippen molar-refractivity contribution in [1.82, 2.24) is 19.1 Å². The van der Waals surface area contributed by atoms with Gasteiger partial charge in [-0.15, -0.1) is 0 Å². The summed E-state index contributed by atoms with van der Waals surface area (Å²) in [5, 5.41) is 5.10. The van der Waals surface area contributed by atoms with Crippen LogP contribution in [-0.2, 0) is 17.3 Å². The van der Waals surface area contributed by atoms with Crippen LogP contribution in [0.3, 0.4) is 0 Å². The number of fused-ring (bicyclic) bond motifs is 10. The first-order valence-electron chi connectivity index (χ1n) is 31.0. The Bertz CT molecular complexity index is 5030. The standard InChI is InChI=1S/C42H29N3.C25H19N.C18H12BrN/c1-3-14-30(15-4-1)42(31-16-5-2-6-17-31)36-22-9-12-25-40(36)45(41-29-43-27-26-37(41)42)33-19-13-18-32(28-33)44-38-23-10-7-20-34(38)35-21-8-11-24-39(35)44;1-3-10-21(11-4-1)25(22-12-5-2-6-13-22)23-14-8-7-9-19(23)17-20-18-26-16-15-24(20)25;19-13-6-5-7-14(12-13)20-17-10-3-1-8-15(17)16-9-2-4-11-18(16)20/h1-29H;1-16,18H,17H2;1-12H. The van der Waals surface area contributed by atoms with Gasteiger partial charge < -0.3 is 14.0 Å². The summed E-state index contributed by atoms with van der Waals surface area (Å²) >= 11 is 3.56. The van der Waals surface area contributed by atoms with E-state index in [4.69, 9.17) is 4.98 Å². The summed E-state index contributed by atoms with van der Waals surface area (Å²) in [5.74, 6) is 0. The van der Waals surface area contributed by atoms with Crippen LogP contribution in [0.25, 0.3) is 55.0 Å². The van der Waals surface area contributed by atoms with Gasteiger partial charge in [-0.3, -0.25) is 9.97 Å². The maximum Gasteiger partial charge on any atom is 0.0743 e. The fourth-order valence-electron chi connectivity index (χ4n) is 14.9. The normalized spacial score (nSPS) is 13.2. The van der Waals surface area contributed by atoms with Gasteiger partial charge >= 0.3 is 0 Å². The second kappa shape index (κ2) is 23.4. The fraction of sp³-hybridized carbons (Fsp3) is 0.0353. The minimum atomic E-state index is -0.516. The third-order valence-corrected chi connectivity index (χ3v) is 19.0. The summed E-state index contributed by atoms with van der Waals surface area (Å²) in [6.45, 7) is 0. The number of anilines is 3. The van der Waals surface area contributed by atoms with Crippen LogP contribution in [0.4, 0.5) is 17.1 Å². The number of aromatic nitrogens is 4. The van der Waals surface area contributed by atoms with Crippen LogP contribution >= 0.6 is 15.9 Å². The van der Waals surface area contributed by atoms with Gasteiger partial charge in [0.25, 0.3) is 0 Å². The maximum absolute atomic E-state index is 4.71. The van der Waals surface area contributed by atoms with Gasteiger partial charge in [0.05, 0.1) is 50.5 Å². The number of para-hydroxylation sites is 5. The molecule has 432 valence electrons. The maximum atomic E-state index is 4.71. The summed E-state index contributed by atoms with van der Waals surface area (Å²) in [6.07, 6.45) is 8.85. The molecule has 6 heteroatoms. The Hall–Kier alpha value is -11.2. The molecule has 0 saturated carbocycles. The van der Waals surface area contributed by atoms with E-state index in [1.807, 2.05) is 24.8 Å². The van der Waals surface area contributed by atoms with E-state index in [0.717, 1.165) is 33.6 Å². The molecule has 4 aromatic heterocycles. The molecule has 12 aromatic carbocycles. The molecule has 1 aliphatic carbocycles. The number of hydrogen-bond acceptors (Lipinski definition) is 3. The number of halogens is 1. The van der Waals surface area contributed by atoms with Gasteiger partial charge in [0.15, 0.2) is 0 Å². The van der Waals surface area contributed by atoms with Crippen molar-refractivity contribution >= 4 is 76.6 Å². The van der Waals surface area contributed by atoms with Crippen molar-refractivity contribution in [2.75, 3.05) is 4.90 Å². The SMILES string of the molecule is Brc1cccc(-n2c3ccccc3c3ccccc32)c1.c1ccc(C2(c3ccccc3)c3ccccc3Cc3cnccc32)cc1.c1ccc(C2(c3ccccc3)c3ccccc3N(c3cccc(-n4c5ccccc5c5ccccc54)c3)c3cnccc32)cc1. The molecule has 1 aliphatic heterocycles. The van der Waals surface area contributed by atoms with Crippen LogP contribution in [0, 0.1) is 0 Å². The fourth-order valence-corrected chi connectivity index (χ4v) is 15.2. The molecule has 0 unspecified atom stereocenters. The number of benzene rings is 12. The van der Waals surface area contributed by atoms with E-state index < -0.39 is 5.41 Å². The molecule has 5 heterocycles. The van der Waals surface area contributed by atoms with E-state index in [9.17, 15) is 0 Å². The van der Waals surface area contributed by atoms with Gasteiger partial charge in [-0.2, -0.15) is 0 Å². The van der Waals surface area contributed by atoms with E-state index in [1.165, 1.54) is 105 Å². The zero-order valence-electron chi connectivity index (χ0n) is 49.8. The Balaban J connectivity index is 0.000000121. The Morgan fingerprint density at radius 1 is 0.286 bits per heavy atom. The van der Waals surface area contributed by atoms with E-state index in [2.05, 4.69) is 363 Å². The molecule has 0 amide bonds. The molecule has 0 atom stereocenters. The molecule has 0 N–H and O–H groups in total. The lowest BCUT2D eigenvalue weighted by atomic mass is 9.60. The number of pyridine rings is 2. The zero-order chi connectivity index (χ0) is 60.7. The molecule has 0 saturated heterocycles. The van der Waals surface area contributed by atoms with Crippen LogP contribution in [0.5, 0.6) is 0 Å². The average molecular weight is 1230 g/mol. The molecule has 0 bridgehead atoms.